The number of ether oxygens (including phenoxy) is 1. The number of esters is 1. The van der Waals surface area contributed by atoms with Gasteiger partial charge in [0.25, 0.3) is 0 Å². The fraction of sp³-hybridized carbons (Fsp3) is 0.154. The average Bonchev–Trinajstić information content (AvgIpc) is 3.16. The highest BCUT2D eigenvalue weighted by atomic mass is 32.2. The summed E-state index contributed by atoms with van der Waals surface area (Å²) in [6, 6.07) is 25.3. The second-order valence-electron chi connectivity index (χ2n) is 7.26. The van der Waals surface area contributed by atoms with E-state index in [-0.39, 0.29) is 11.9 Å². The van der Waals surface area contributed by atoms with E-state index < -0.39 is 0 Å². The molecular weight excluding hydrogens is 420 g/mol. The van der Waals surface area contributed by atoms with E-state index in [9.17, 15) is 9.59 Å². The molecule has 6 heteroatoms. The van der Waals surface area contributed by atoms with Crippen molar-refractivity contribution >= 4 is 40.2 Å². The molecule has 0 spiro atoms. The van der Waals surface area contributed by atoms with Gasteiger partial charge in [-0.25, -0.2) is 4.79 Å². The first-order chi connectivity index (χ1) is 15.6. The van der Waals surface area contributed by atoms with Crippen LogP contribution in [0.25, 0.3) is 10.9 Å². The number of rotatable bonds is 8. The van der Waals surface area contributed by atoms with Crippen molar-refractivity contribution in [3.05, 3.63) is 96.2 Å². The van der Waals surface area contributed by atoms with Crippen molar-refractivity contribution in [2.75, 3.05) is 17.7 Å². The van der Waals surface area contributed by atoms with Crippen molar-refractivity contribution in [3.8, 4) is 0 Å². The minimum Gasteiger partial charge on any atom is -0.462 e. The minimum absolute atomic E-state index is 0.0984. The maximum atomic E-state index is 12.5. The Morgan fingerprint density at radius 2 is 1.66 bits per heavy atom. The van der Waals surface area contributed by atoms with Gasteiger partial charge in [0, 0.05) is 34.2 Å². The molecule has 5 nitrogen and oxygen atoms in total. The number of carbonyl (C=O) groups is 2. The van der Waals surface area contributed by atoms with E-state index in [4.69, 9.17) is 4.74 Å². The lowest BCUT2D eigenvalue weighted by Crippen LogP contribution is -2.14. The van der Waals surface area contributed by atoms with Gasteiger partial charge >= 0.3 is 5.97 Å². The van der Waals surface area contributed by atoms with Gasteiger partial charge in [-0.05, 0) is 42.8 Å². The van der Waals surface area contributed by atoms with Crippen LogP contribution in [-0.2, 0) is 16.1 Å². The number of hydrogen-bond donors (Lipinski definition) is 1. The summed E-state index contributed by atoms with van der Waals surface area (Å²) in [6.07, 6.45) is 2.11. The molecule has 0 saturated heterocycles. The number of nitrogens with one attached hydrogen (secondary N) is 1. The van der Waals surface area contributed by atoms with E-state index in [0.29, 0.717) is 23.6 Å². The highest BCUT2D eigenvalue weighted by molar-refractivity contribution is 8.00. The number of benzene rings is 3. The van der Waals surface area contributed by atoms with Crippen molar-refractivity contribution in [2.24, 2.45) is 0 Å². The van der Waals surface area contributed by atoms with Crippen molar-refractivity contribution in [1.29, 1.82) is 0 Å². The van der Waals surface area contributed by atoms with Crippen LogP contribution in [0.4, 0.5) is 5.69 Å². The molecule has 0 unspecified atom stereocenters. The molecule has 0 bridgehead atoms. The molecule has 3 aromatic carbocycles. The smallest absolute Gasteiger partial charge is 0.338 e. The van der Waals surface area contributed by atoms with Crippen molar-refractivity contribution in [1.82, 2.24) is 4.57 Å². The van der Waals surface area contributed by atoms with Crippen LogP contribution in [0.3, 0.4) is 0 Å². The van der Waals surface area contributed by atoms with Gasteiger partial charge in [0.1, 0.15) is 0 Å². The first-order valence-corrected chi connectivity index (χ1v) is 11.4. The predicted octanol–water partition coefficient (Wildman–Crippen LogP) is 5.60. The van der Waals surface area contributed by atoms with Crippen LogP contribution in [0.5, 0.6) is 0 Å². The molecule has 162 valence electrons. The summed E-state index contributed by atoms with van der Waals surface area (Å²) < 4.78 is 7.20. The van der Waals surface area contributed by atoms with Crippen LogP contribution in [0, 0.1) is 0 Å². The van der Waals surface area contributed by atoms with Gasteiger partial charge in [0.2, 0.25) is 5.91 Å². The lowest BCUT2D eigenvalue weighted by molar-refractivity contribution is -0.113. The number of fused-ring (bicyclic) bond motifs is 1. The predicted molar refractivity (Wildman–Crippen MR) is 129 cm³/mol. The lowest BCUT2D eigenvalue weighted by atomic mass is 10.2. The van der Waals surface area contributed by atoms with Gasteiger partial charge in [0.15, 0.2) is 0 Å². The number of aromatic nitrogens is 1. The third kappa shape index (κ3) is 5.21. The number of thioether (sulfide) groups is 1. The number of nitrogens with zero attached hydrogens (tertiary/aromatic N) is 1. The van der Waals surface area contributed by atoms with Crippen LogP contribution in [0.1, 0.15) is 22.8 Å². The molecule has 0 aliphatic carbocycles. The molecule has 32 heavy (non-hydrogen) atoms. The van der Waals surface area contributed by atoms with Crippen LogP contribution in [-0.4, -0.2) is 28.8 Å². The van der Waals surface area contributed by atoms with E-state index in [1.54, 1.807) is 31.2 Å². The molecule has 4 aromatic rings. The average molecular weight is 445 g/mol. The number of amides is 1. The Bertz CT molecular complexity index is 1220. The van der Waals surface area contributed by atoms with Crippen molar-refractivity contribution in [3.63, 3.8) is 0 Å². The Labute approximate surface area is 191 Å². The number of anilines is 1. The molecule has 0 aliphatic heterocycles. The summed E-state index contributed by atoms with van der Waals surface area (Å²) in [6.45, 7) is 2.88. The van der Waals surface area contributed by atoms with Gasteiger partial charge in [-0.2, -0.15) is 0 Å². The molecule has 0 saturated carbocycles. The molecule has 0 radical (unpaired) electrons. The molecule has 1 heterocycles. The number of carbonyl (C=O) groups excluding carboxylic acids is 2. The summed E-state index contributed by atoms with van der Waals surface area (Å²) >= 11 is 1.52. The Hall–Kier alpha value is -3.51. The zero-order valence-electron chi connectivity index (χ0n) is 17.8. The molecule has 4 rings (SSSR count). The SMILES string of the molecule is CCOC(=O)c1ccc(NC(=O)CSc2cn(Cc3ccccc3)c3ccccc23)cc1. The Kier molecular flexibility index (Phi) is 6.92. The number of para-hydroxylation sites is 1. The molecule has 1 aromatic heterocycles. The second-order valence-corrected chi connectivity index (χ2v) is 8.28. The zero-order chi connectivity index (χ0) is 22.3. The quantitative estimate of drug-likeness (QED) is 0.284. The minimum atomic E-state index is -0.368. The normalized spacial score (nSPS) is 10.8. The summed E-state index contributed by atoms with van der Waals surface area (Å²) in [5, 5.41) is 4.03. The van der Waals surface area contributed by atoms with Crippen LogP contribution < -0.4 is 5.32 Å². The maximum absolute atomic E-state index is 12.5. The van der Waals surface area contributed by atoms with E-state index in [1.807, 2.05) is 30.3 Å². The maximum Gasteiger partial charge on any atom is 0.338 e. The third-order valence-corrected chi connectivity index (χ3v) is 6.03. The topological polar surface area (TPSA) is 60.3 Å². The van der Waals surface area contributed by atoms with Gasteiger partial charge in [0.05, 0.1) is 17.9 Å². The fourth-order valence-corrected chi connectivity index (χ4v) is 4.37. The molecule has 1 amide bonds. The van der Waals surface area contributed by atoms with Gasteiger partial charge < -0.3 is 14.6 Å². The Balaban J connectivity index is 1.41. The standard InChI is InChI=1S/C26H24N2O3S/c1-2-31-26(30)20-12-14-21(15-13-20)27-25(29)18-32-24-17-28(16-19-8-4-3-5-9-19)23-11-7-6-10-22(23)24/h3-15,17H,2,16,18H2,1H3,(H,27,29). The molecule has 0 atom stereocenters. The van der Waals surface area contributed by atoms with E-state index in [0.717, 1.165) is 22.3 Å². The molecule has 0 fully saturated rings. The van der Waals surface area contributed by atoms with Gasteiger partial charge in [-0.3, -0.25) is 4.79 Å². The van der Waals surface area contributed by atoms with E-state index in [2.05, 4.69) is 40.3 Å². The Morgan fingerprint density at radius 1 is 0.938 bits per heavy atom. The fourth-order valence-electron chi connectivity index (χ4n) is 3.48. The van der Waals surface area contributed by atoms with E-state index in [1.165, 1.54) is 17.3 Å². The van der Waals surface area contributed by atoms with Crippen LogP contribution >= 0.6 is 11.8 Å². The molecule has 1 N–H and O–H groups in total. The van der Waals surface area contributed by atoms with E-state index >= 15 is 0 Å². The first-order valence-electron chi connectivity index (χ1n) is 10.5. The van der Waals surface area contributed by atoms with Crippen LogP contribution in [0.15, 0.2) is 90.0 Å². The summed E-state index contributed by atoms with van der Waals surface area (Å²) in [4.78, 5) is 25.3. The molecular formula is C26H24N2O3S. The largest absolute Gasteiger partial charge is 0.462 e. The second kappa shape index (κ2) is 10.2. The molecule has 0 aliphatic rings. The van der Waals surface area contributed by atoms with Crippen LogP contribution in [0.2, 0.25) is 0 Å². The van der Waals surface area contributed by atoms with Gasteiger partial charge in [-0.15, -0.1) is 11.8 Å². The first kappa shape index (κ1) is 21.7. The van der Waals surface area contributed by atoms with Crippen molar-refractivity contribution in [2.45, 2.75) is 18.4 Å². The summed E-state index contributed by atoms with van der Waals surface area (Å²) in [7, 11) is 0. The number of hydrogen-bond acceptors (Lipinski definition) is 4. The van der Waals surface area contributed by atoms with Crippen molar-refractivity contribution < 1.29 is 14.3 Å². The Morgan fingerprint density at radius 3 is 2.41 bits per heavy atom. The highest BCUT2D eigenvalue weighted by Crippen LogP contribution is 2.30. The summed E-state index contributed by atoms with van der Waals surface area (Å²) in [5.74, 6) is -0.175. The zero-order valence-corrected chi connectivity index (χ0v) is 18.6. The monoisotopic (exact) mass is 444 g/mol. The highest BCUT2D eigenvalue weighted by Gasteiger charge is 2.12. The summed E-state index contributed by atoms with van der Waals surface area (Å²) in [5.41, 5.74) is 3.49. The van der Waals surface area contributed by atoms with Gasteiger partial charge in [-0.1, -0.05) is 48.5 Å². The lowest BCUT2D eigenvalue weighted by Gasteiger charge is -2.06. The third-order valence-electron chi connectivity index (χ3n) is 4.99.